The molecule has 4 aromatic heterocycles. The van der Waals surface area contributed by atoms with Gasteiger partial charge in [0.25, 0.3) is 11.4 Å². The summed E-state index contributed by atoms with van der Waals surface area (Å²) < 4.78 is 7.00. The summed E-state index contributed by atoms with van der Waals surface area (Å²) >= 11 is 0. The number of H-pyrrole nitrogens is 1. The molecule has 0 aliphatic heterocycles. The molecule has 0 bridgehead atoms. The molecule has 5 aromatic rings. The Morgan fingerprint density at radius 1 is 1.11 bits per heavy atom. The molecule has 5 rings (SSSR count). The van der Waals surface area contributed by atoms with Crippen molar-refractivity contribution in [3.8, 4) is 17.1 Å². The number of nitrogens with one attached hydrogen (secondary N) is 3. The van der Waals surface area contributed by atoms with Crippen molar-refractivity contribution in [1.29, 1.82) is 0 Å². The number of pyridine rings is 1. The molecule has 0 fully saturated rings. The molecule has 0 aliphatic carbocycles. The summed E-state index contributed by atoms with van der Waals surface area (Å²) in [6.45, 7) is 7.15. The van der Waals surface area contributed by atoms with Crippen molar-refractivity contribution in [2.45, 2.75) is 0 Å². The van der Waals surface area contributed by atoms with Crippen LogP contribution < -0.4 is 20.9 Å². The molecular formula is C21H18N12O2. The number of aryl methyl sites for hydroxylation is 2. The molecule has 35 heavy (non-hydrogen) atoms. The molecule has 174 valence electrons. The van der Waals surface area contributed by atoms with Gasteiger partial charge in [-0.2, -0.15) is 9.78 Å². The number of methoxy groups -OCH3 is 1. The van der Waals surface area contributed by atoms with Gasteiger partial charge in [-0.3, -0.25) is 14.6 Å². The second-order valence-electron chi connectivity index (χ2n) is 7.37. The van der Waals surface area contributed by atoms with Crippen LogP contribution in [0.2, 0.25) is 0 Å². The minimum Gasteiger partial charge on any atom is -0.494 e. The number of hydrogen-bond acceptors (Lipinski definition) is 10. The van der Waals surface area contributed by atoms with Crippen LogP contribution in [0.25, 0.3) is 27.3 Å². The van der Waals surface area contributed by atoms with Crippen molar-refractivity contribution in [2.75, 3.05) is 17.7 Å². The lowest BCUT2D eigenvalue weighted by atomic mass is 10.1. The zero-order valence-electron chi connectivity index (χ0n) is 18.8. The minimum atomic E-state index is -0.260. The van der Waals surface area contributed by atoms with Gasteiger partial charge in [-0.05, 0) is 17.3 Å². The topological polar surface area (TPSA) is 158 Å². The summed E-state index contributed by atoms with van der Waals surface area (Å²) in [6.07, 6.45) is 1.29. The highest BCUT2D eigenvalue weighted by molar-refractivity contribution is 5.94. The first-order valence-electron chi connectivity index (χ1n) is 10.2. The number of hydrogen-bond donors (Lipinski definition) is 3. The molecular weight excluding hydrogens is 452 g/mol. The Kier molecular flexibility index (Phi) is 5.26. The highest BCUT2D eigenvalue weighted by atomic mass is 16.5. The molecule has 0 atom stereocenters. The predicted octanol–water partition coefficient (Wildman–Crippen LogP) is 2.29. The highest BCUT2D eigenvalue weighted by Crippen LogP contribution is 2.37. The normalized spacial score (nSPS) is 10.8. The maximum Gasteiger partial charge on any atom is 0.277 e. The van der Waals surface area contributed by atoms with Gasteiger partial charge in [-0.1, -0.05) is 12.6 Å². The van der Waals surface area contributed by atoms with E-state index in [1.54, 1.807) is 20.2 Å². The van der Waals surface area contributed by atoms with Crippen LogP contribution in [0.15, 0.2) is 41.5 Å². The third-order valence-corrected chi connectivity index (χ3v) is 5.07. The van der Waals surface area contributed by atoms with E-state index in [4.69, 9.17) is 11.3 Å². The summed E-state index contributed by atoms with van der Waals surface area (Å²) in [5.41, 5.74) is 1.78. The number of benzene rings is 1. The fourth-order valence-corrected chi connectivity index (χ4v) is 3.56. The van der Waals surface area contributed by atoms with E-state index in [2.05, 4.69) is 50.9 Å². The average Bonchev–Trinajstić information content (AvgIpc) is 3.41. The fourth-order valence-electron chi connectivity index (χ4n) is 3.56. The van der Waals surface area contributed by atoms with Crippen LogP contribution in [-0.2, 0) is 14.1 Å². The fraction of sp³-hybridized carbons (Fsp3) is 0.143. The molecule has 0 radical (unpaired) electrons. The lowest BCUT2D eigenvalue weighted by molar-refractivity contribution is 0.418. The minimum absolute atomic E-state index is 0.189. The van der Waals surface area contributed by atoms with Gasteiger partial charge in [0.2, 0.25) is 12.2 Å². The molecule has 14 nitrogen and oxygen atoms in total. The monoisotopic (exact) mass is 470 g/mol. The van der Waals surface area contributed by atoms with Crippen LogP contribution in [0, 0.1) is 6.57 Å². The van der Waals surface area contributed by atoms with E-state index >= 15 is 0 Å². The lowest BCUT2D eigenvalue weighted by Gasteiger charge is -2.15. The van der Waals surface area contributed by atoms with Gasteiger partial charge < -0.3 is 20.2 Å². The van der Waals surface area contributed by atoms with Crippen molar-refractivity contribution >= 4 is 39.9 Å². The van der Waals surface area contributed by atoms with Crippen LogP contribution in [0.3, 0.4) is 0 Å². The lowest BCUT2D eigenvalue weighted by Crippen LogP contribution is -2.12. The summed E-state index contributed by atoms with van der Waals surface area (Å²) in [4.78, 5) is 30.0. The number of aromatic nitrogens is 9. The number of fused-ring (bicyclic) bond motifs is 1. The van der Waals surface area contributed by atoms with Crippen molar-refractivity contribution in [2.24, 2.45) is 14.1 Å². The molecule has 4 heterocycles. The van der Waals surface area contributed by atoms with Crippen LogP contribution in [0.4, 0.5) is 28.8 Å². The van der Waals surface area contributed by atoms with Crippen LogP contribution in [0.1, 0.15) is 0 Å². The highest BCUT2D eigenvalue weighted by Gasteiger charge is 2.19. The SMILES string of the molecule is [C-]#[N+]c1cc(Nc2cc(Nc3cccc(-c4nnn(C)n4)c3OC)c3c(=O)n(C)[nH]c3n2)ncn1. The second-order valence-corrected chi connectivity index (χ2v) is 7.37. The first kappa shape index (κ1) is 21.5. The van der Waals surface area contributed by atoms with Gasteiger partial charge in [0, 0.05) is 19.2 Å². The molecule has 0 saturated carbocycles. The summed E-state index contributed by atoms with van der Waals surface area (Å²) in [5, 5.41) is 21.8. The largest absolute Gasteiger partial charge is 0.494 e. The average molecular weight is 470 g/mol. The standard InChI is InChI=1S/C21H18N12O2/c1-22-14-9-15(24-10-23-14)26-16-8-13(17-20(27-16)29-32(2)21(17)34)25-12-7-5-6-11(18(12)35-4)19-28-31-33(3)30-19/h5-10H,2-4H3,(H3,23,24,25,26,27,29). The number of ether oxygens (including phenoxy) is 1. The second kappa shape index (κ2) is 8.56. The van der Waals surface area contributed by atoms with E-state index in [9.17, 15) is 4.79 Å². The van der Waals surface area contributed by atoms with Crippen LogP contribution in [0.5, 0.6) is 5.75 Å². The Bertz CT molecular complexity index is 1660. The van der Waals surface area contributed by atoms with Gasteiger partial charge in [0.05, 0.1) is 31.1 Å². The third kappa shape index (κ3) is 3.97. The first-order valence-corrected chi connectivity index (χ1v) is 10.2. The van der Waals surface area contributed by atoms with E-state index in [0.717, 1.165) is 0 Å². The van der Waals surface area contributed by atoms with Gasteiger partial charge in [-0.25, -0.2) is 4.98 Å². The van der Waals surface area contributed by atoms with E-state index in [0.29, 0.717) is 51.2 Å². The van der Waals surface area contributed by atoms with Crippen molar-refractivity contribution < 1.29 is 4.74 Å². The summed E-state index contributed by atoms with van der Waals surface area (Å²) in [5.74, 6) is 1.84. The van der Waals surface area contributed by atoms with Gasteiger partial charge in [0.15, 0.2) is 11.4 Å². The van der Waals surface area contributed by atoms with Gasteiger partial charge in [0.1, 0.15) is 17.0 Å². The number of anilines is 4. The van der Waals surface area contributed by atoms with Crippen molar-refractivity contribution in [3.63, 3.8) is 0 Å². The quantitative estimate of drug-likeness (QED) is 0.314. The Balaban J connectivity index is 1.61. The Morgan fingerprint density at radius 2 is 1.97 bits per heavy atom. The number of aromatic amines is 1. The molecule has 0 aliphatic rings. The molecule has 3 N–H and O–H groups in total. The Morgan fingerprint density at radius 3 is 2.71 bits per heavy atom. The molecule has 14 heteroatoms. The van der Waals surface area contributed by atoms with Gasteiger partial charge in [-0.15, -0.1) is 15.2 Å². The molecule has 0 unspecified atom stereocenters. The number of tetrazole rings is 1. The maximum absolute atomic E-state index is 12.9. The van der Waals surface area contributed by atoms with E-state index in [1.165, 1.54) is 29.0 Å². The van der Waals surface area contributed by atoms with E-state index in [-0.39, 0.29) is 11.4 Å². The Hall–Kier alpha value is -5.32. The molecule has 1 aromatic carbocycles. The van der Waals surface area contributed by atoms with Crippen LogP contribution in [-0.4, -0.2) is 52.0 Å². The number of para-hydroxylation sites is 1. The zero-order chi connectivity index (χ0) is 24.5. The smallest absolute Gasteiger partial charge is 0.277 e. The summed E-state index contributed by atoms with van der Waals surface area (Å²) in [6, 6.07) is 8.61. The van der Waals surface area contributed by atoms with Crippen molar-refractivity contribution in [3.05, 3.63) is 58.4 Å². The number of nitrogens with zero attached hydrogens (tertiary/aromatic N) is 9. The summed E-state index contributed by atoms with van der Waals surface area (Å²) in [7, 11) is 4.82. The zero-order valence-corrected chi connectivity index (χ0v) is 18.8. The van der Waals surface area contributed by atoms with E-state index < -0.39 is 0 Å². The van der Waals surface area contributed by atoms with Crippen molar-refractivity contribution in [1.82, 2.24) is 44.9 Å². The molecule has 0 spiro atoms. The Labute approximate surface area is 197 Å². The number of rotatable bonds is 6. The molecule has 0 amide bonds. The predicted molar refractivity (Wildman–Crippen MR) is 127 cm³/mol. The maximum atomic E-state index is 12.9. The van der Waals surface area contributed by atoms with Crippen LogP contribution >= 0.6 is 0 Å². The van der Waals surface area contributed by atoms with Gasteiger partial charge >= 0.3 is 0 Å². The first-order chi connectivity index (χ1) is 17.0. The third-order valence-electron chi connectivity index (χ3n) is 5.07. The molecule has 0 saturated heterocycles. The van der Waals surface area contributed by atoms with E-state index in [1.807, 2.05) is 18.2 Å².